The lowest BCUT2D eigenvalue weighted by Gasteiger charge is -2.44. The number of aliphatic hydroxyl groups excluding tert-OH is 3. The highest BCUT2D eigenvalue weighted by Gasteiger charge is 2.46. The predicted molar refractivity (Wildman–Crippen MR) is 220 cm³/mol. The molecule has 2 saturated heterocycles. The van der Waals surface area contributed by atoms with Crippen LogP contribution in [0.5, 0.6) is 0 Å². The van der Waals surface area contributed by atoms with Crippen LogP contribution in [0.1, 0.15) is 131 Å². The minimum atomic E-state index is -1.71. The first-order valence-electron chi connectivity index (χ1n) is 21.7. The minimum absolute atomic E-state index is 0.0303. The molecule has 4 rings (SSSR count). The van der Waals surface area contributed by atoms with E-state index < -0.39 is 42.2 Å². The van der Waals surface area contributed by atoms with Gasteiger partial charge in [0.05, 0.1) is 36.9 Å². The quantitative estimate of drug-likeness (QED) is 0.165. The highest BCUT2D eigenvalue weighted by atomic mass is 16.6. The Hall–Kier alpha value is -2.67. The van der Waals surface area contributed by atoms with E-state index >= 15 is 0 Å². The molecule has 0 aromatic heterocycles. The van der Waals surface area contributed by atoms with Crippen LogP contribution in [0, 0.1) is 29.6 Å². The number of carbonyl (C=O) groups is 3. The number of amides is 1. The zero-order valence-corrected chi connectivity index (χ0v) is 35.7. The number of ether oxygens (including phenoxy) is 3. The molecule has 4 aliphatic rings. The van der Waals surface area contributed by atoms with Gasteiger partial charge in [0.25, 0.3) is 0 Å². The summed E-state index contributed by atoms with van der Waals surface area (Å²) in [4.78, 5) is 43.5. The van der Waals surface area contributed by atoms with Crippen molar-refractivity contribution in [2.75, 3.05) is 13.7 Å². The van der Waals surface area contributed by atoms with Crippen LogP contribution in [0.3, 0.4) is 0 Å². The molecule has 3 fully saturated rings. The van der Waals surface area contributed by atoms with E-state index in [9.17, 15) is 34.8 Å². The molecule has 4 N–H and O–H groups in total. The fourth-order valence-corrected chi connectivity index (χ4v) is 9.09. The minimum Gasteiger partial charge on any atom is -0.456 e. The van der Waals surface area contributed by atoms with Crippen molar-refractivity contribution in [1.29, 1.82) is 0 Å². The van der Waals surface area contributed by atoms with Crippen molar-refractivity contribution in [2.24, 2.45) is 29.6 Å². The molecule has 1 saturated carbocycles. The number of Topliss-reactive ketones (excluding diaryl/α,β-unsaturated/α-hetero) is 1. The molecule has 322 valence electrons. The van der Waals surface area contributed by atoms with Gasteiger partial charge in [0, 0.05) is 38.3 Å². The third-order valence-electron chi connectivity index (χ3n) is 13.2. The number of carbonyl (C=O) groups excluding carboxylic acids is 3. The zero-order valence-electron chi connectivity index (χ0n) is 35.7. The first-order chi connectivity index (χ1) is 27.0. The van der Waals surface area contributed by atoms with Crippen molar-refractivity contribution in [3.8, 4) is 0 Å². The molecule has 0 spiro atoms. The van der Waals surface area contributed by atoms with Gasteiger partial charge in [-0.25, -0.2) is 4.79 Å². The monoisotopic (exact) mass is 800 g/mol. The molecule has 1 aliphatic carbocycles. The number of esters is 1. The maximum atomic E-state index is 14.1. The fraction of sp³-hybridized carbons (Fsp3) is 0.761. The van der Waals surface area contributed by atoms with E-state index in [4.69, 9.17) is 14.2 Å². The summed E-state index contributed by atoms with van der Waals surface area (Å²) in [5.74, 6) is -3.07. The van der Waals surface area contributed by atoms with E-state index in [0.717, 1.165) is 24.8 Å². The number of hydrogen-bond donors (Lipinski definition) is 4. The van der Waals surface area contributed by atoms with Crippen LogP contribution in [-0.2, 0) is 28.6 Å². The largest absolute Gasteiger partial charge is 0.456 e. The molecule has 11 nitrogen and oxygen atoms in total. The highest BCUT2D eigenvalue weighted by Crippen LogP contribution is 2.38. The summed E-state index contributed by atoms with van der Waals surface area (Å²) in [6.45, 7) is 12.0. The molecule has 1 unspecified atom stereocenters. The Morgan fingerprint density at radius 2 is 1.75 bits per heavy atom. The van der Waals surface area contributed by atoms with E-state index in [1.54, 1.807) is 7.11 Å². The smallest absolute Gasteiger partial charge is 0.329 e. The van der Waals surface area contributed by atoms with E-state index in [1.807, 2.05) is 65.0 Å². The molecule has 1 amide bonds. The molecule has 0 aromatic carbocycles. The van der Waals surface area contributed by atoms with Crippen molar-refractivity contribution < 1.29 is 49.0 Å². The van der Waals surface area contributed by atoms with E-state index in [0.29, 0.717) is 69.9 Å². The summed E-state index contributed by atoms with van der Waals surface area (Å²) in [7, 11) is 1.66. The van der Waals surface area contributed by atoms with Crippen LogP contribution < -0.4 is 0 Å². The van der Waals surface area contributed by atoms with E-state index in [2.05, 4.69) is 13.0 Å². The summed E-state index contributed by atoms with van der Waals surface area (Å²) in [6.07, 6.45) is 15.1. The predicted octanol–water partition coefficient (Wildman–Crippen LogP) is 6.52. The number of fused-ring (bicyclic) bond motifs is 3. The van der Waals surface area contributed by atoms with Gasteiger partial charge in [0.15, 0.2) is 5.79 Å². The molecule has 3 heterocycles. The molecular formula is C46H73NO10. The van der Waals surface area contributed by atoms with Crippen molar-refractivity contribution in [3.05, 3.63) is 47.6 Å². The second kappa shape index (κ2) is 22.1. The summed E-state index contributed by atoms with van der Waals surface area (Å²) in [5, 5.41) is 43.1. The molecule has 0 radical (unpaired) electrons. The second-order valence-corrected chi connectivity index (χ2v) is 18.0. The number of allylic oxidation sites excluding steroid dienone is 5. The fourth-order valence-electron chi connectivity index (χ4n) is 9.09. The average Bonchev–Trinajstić information content (AvgIpc) is 3.17. The Morgan fingerprint density at radius 3 is 2.47 bits per heavy atom. The Kier molecular flexibility index (Phi) is 18.2. The van der Waals surface area contributed by atoms with Crippen molar-refractivity contribution in [2.45, 2.75) is 180 Å². The van der Waals surface area contributed by atoms with Gasteiger partial charge < -0.3 is 39.5 Å². The Balaban J connectivity index is 1.58. The average molecular weight is 800 g/mol. The van der Waals surface area contributed by atoms with Crippen LogP contribution >= 0.6 is 0 Å². The molecule has 2 bridgehead atoms. The van der Waals surface area contributed by atoms with Crippen molar-refractivity contribution in [1.82, 2.24) is 4.90 Å². The molecule has 3 aliphatic heterocycles. The van der Waals surface area contributed by atoms with Crippen molar-refractivity contribution >= 4 is 17.7 Å². The Labute approximate surface area is 341 Å². The van der Waals surface area contributed by atoms with Crippen LogP contribution in [0.2, 0.25) is 0 Å². The molecule has 0 aromatic rings. The zero-order chi connectivity index (χ0) is 41.9. The van der Waals surface area contributed by atoms with E-state index in [-0.39, 0.29) is 66.3 Å². The maximum Gasteiger partial charge on any atom is 0.329 e. The Morgan fingerprint density at radius 1 is 1.00 bits per heavy atom. The van der Waals surface area contributed by atoms with Gasteiger partial charge in [-0.05, 0) is 113 Å². The van der Waals surface area contributed by atoms with Crippen LogP contribution in [0.25, 0.3) is 0 Å². The van der Waals surface area contributed by atoms with Crippen LogP contribution in [-0.4, -0.2) is 105 Å². The second-order valence-electron chi connectivity index (χ2n) is 18.0. The van der Waals surface area contributed by atoms with Crippen molar-refractivity contribution in [3.63, 3.8) is 0 Å². The maximum absolute atomic E-state index is 14.1. The number of cyclic esters (lactones) is 1. The lowest BCUT2D eigenvalue weighted by atomic mass is 9.79. The summed E-state index contributed by atoms with van der Waals surface area (Å²) in [6, 6.07) is -0.868. The number of piperidine rings is 1. The number of nitrogens with zero attached hydrogens (tertiary/aromatic N) is 1. The molecule has 11 heteroatoms. The van der Waals surface area contributed by atoms with Gasteiger partial charge in [-0.1, -0.05) is 64.2 Å². The number of rotatable bonds is 7. The first-order valence-corrected chi connectivity index (χ1v) is 21.7. The highest BCUT2D eigenvalue weighted by molar-refractivity contribution is 5.86. The topological polar surface area (TPSA) is 163 Å². The number of methoxy groups -OCH3 is 1. The SMILES string of the molecule is CO[C@H]1C[C@@H]2CC[C@@H](C)[C@](O)(CC(=O)N3CCCC[C@H]3C(=O)O[C@H](/C(C)=C/CC(O)[C@@H](C)C[C@@H]3CC[C@@H](O)[C@H](O)C3)CC(=O)[C@H](C)C[C@H](C)/C=C/C=C/C=C/1C)O2. The first kappa shape index (κ1) is 47.0. The standard InChI is InChI=1S/C46H73NO10/c1-29-13-9-8-10-14-30(2)42(55-7)26-36-19-17-34(6)46(54,57-36)28-44(52)47-22-12-11-15-37(47)45(53)56-43(27-40(50)32(4)23-29)31(3)16-20-38(48)33(5)24-35-18-21-39(49)41(51)25-35/h8-10,13-14,16,29,32-39,41-43,48-49,51,54H,11-12,15,17-28H2,1-7H3/b10-8+,13-9+,30-14+,31-16+/t29-,32-,33+,34-,35+,36+,37+,38?,39-,41-,42+,43+,46+/m1/s1. The van der Waals surface area contributed by atoms with Crippen LogP contribution in [0.4, 0.5) is 0 Å². The molecule has 13 atom stereocenters. The van der Waals surface area contributed by atoms with Gasteiger partial charge in [0.1, 0.15) is 17.9 Å². The molecular weight excluding hydrogens is 727 g/mol. The summed E-state index contributed by atoms with van der Waals surface area (Å²) in [5.41, 5.74) is 1.67. The number of hydrogen-bond acceptors (Lipinski definition) is 10. The lowest BCUT2D eigenvalue weighted by Crippen LogP contribution is -2.54. The lowest BCUT2D eigenvalue weighted by molar-refractivity contribution is -0.284. The summed E-state index contributed by atoms with van der Waals surface area (Å²) >= 11 is 0. The number of ketones is 1. The normalized spacial score (nSPS) is 39.2. The third kappa shape index (κ3) is 13.7. The third-order valence-corrected chi connectivity index (χ3v) is 13.2. The van der Waals surface area contributed by atoms with Gasteiger partial charge in [-0.3, -0.25) is 9.59 Å². The Bertz CT molecular complexity index is 1460. The number of aliphatic hydroxyl groups is 4. The van der Waals surface area contributed by atoms with Crippen LogP contribution in [0.15, 0.2) is 47.6 Å². The van der Waals surface area contributed by atoms with Gasteiger partial charge in [-0.2, -0.15) is 0 Å². The van der Waals surface area contributed by atoms with Gasteiger partial charge in [0.2, 0.25) is 5.91 Å². The van der Waals surface area contributed by atoms with Gasteiger partial charge >= 0.3 is 5.97 Å². The molecule has 57 heavy (non-hydrogen) atoms. The van der Waals surface area contributed by atoms with Gasteiger partial charge in [-0.15, -0.1) is 0 Å². The summed E-state index contributed by atoms with van der Waals surface area (Å²) < 4.78 is 18.4. The van der Waals surface area contributed by atoms with E-state index in [1.165, 1.54) is 4.90 Å².